The van der Waals surface area contributed by atoms with Crippen LogP contribution in [0.4, 0.5) is 4.39 Å². The van der Waals surface area contributed by atoms with E-state index in [1.165, 1.54) is 18.2 Å². The van der Waals surface area contributed by atoms with Crippen LogP contribution in [0.3, 0.4) is 0 Å². The van der Waals surface area contributed by atoms with Crippen molar-refractivity contribution in [3.05, 3.63) is 41.7 Å². The molecule has 0 unspecified atom stereocenters. The first-order valence-electron chi connectivity index (χ1n) is 5.55. The van der Waals surface area contributed by atoms with Crippen LogP contribution in [0.2, 0.25) is 0 Å². The molecule has 0 fully saturated rings. The summed E-state index contributed by atoms with van der Waals surface area (Å²) in [7, 11) is 0. The second-order valence-corrected chi connectivity index (χ2v) is 3.84. The number of nitrogens with zero attached hydrogens (tertiary/aromatic N) is 1. The molecule has 2 N–H and O–H groups in total. The lowest BCUT2D eigenvalue weighted by molar-refractivity contribution is -0.147. The molecule has 0 aliphatic carbocycles. The van der Waals surface area contributed by atoms with Gasteiger partial charge in [-0.25, -0.2) is 4.39 Å². The van der Waals surface area contributed by atoms with Gasteiger partial charge in [0.15, 0.2) is 0 Å². The molecule has 0 heterocycles. The van der Waals surface area contributed by atoms with Crippen molar-refractivity contribution in [3.8, 4) is 0 Å². The molecule has 0 spiro atoms. The molecule has 0 saturated heterocycles. The molecule has 106 valence electrons. The first-order valence-corrected chi connectivity index (χ1v) is 5.55. The van der Waals surface area contributed by atoms with E-state index in [0.717, 1.165) is 12.2 Å². The van der Waals surface area contributed by atoms with E-state index in [-0.39, 0.29) is 5.56 Å². The highest BCUT2D eigenvalue weighted by molar-refractivity contribution is 5.95. The highest BCUT2D eigenvalue weighted by Gasteiger charge is 2.17. The highest BCUT2D eigenvalue weighted by Crippen LogP contribution is 2.08. The first-order chi connectivity index (χ1) is 9.40. The molecule has 0 saturated carbocycles. The summed E-state index contributed by atoms with van der Waals surface area (Å²) in [5, 5.41) is 17.2. The average Bonchev–Trinajstić information content (AvgIpc) is 2.35. The van der Waals surface area contributed by atoms with Crippen LogP contribution in [0.1, 0.15) is 5.56 Å². The quantitative estimate of drug-likeness (QED) is 0.753. The zero-order valence-electron chi connectivity index (χ0n) is 10.3. The second kappa shape index (κ2) is 7.03. The van der Waals surface area contributed by atoms with Crippen molar-refractivity contribution in [1.29, 1.82) is 0 Å². The van der Waals surface area contributed by atoms with Gasteiger partial charge >= 0.3 is 11.9 Å². The Kier molecular flexibility index (Phi) is 5.40. The Morgan fingerprint density at radius 2 is 1.65 bits per heavy atom. The van der Waals surface area contributed by atoms with E-state index in [4.69, 9.17) is 10.2 Å². The molecule has 0 aliphatic heterocycles. The monoisotopic (exact) mass is 281 g/mol. The number of rotatable bonds is 6. The fourth-order valence-corrected chi connectivity index (χ4v) is 1.42. The van der Waals surface area contributed by atoms with Crippen molar-refractivity contribution in [1.82, 2.24) is 4.90 Å². The summed E-state index contributed by atoms with van der Waals surface area (Å²) in [5.74, 6) is -4.03. The van der Waals surface area contributed by atoms with Gasteiger partial charge in [0, 0.05) is 11.6 Å². The Labute approximate surface area is 113 Å². The number of amides is 1. The van der Waals surface area contributed by atoms with Crippen molar-refractivity contribution in [2.75, 3.05) is 13.1 Å². The molecule has 0 bridgehead atoms. The lowest BCUT2D eigenvalue weighted by Crippen LogP contribution is -2.38. The number of carboxylic acid groups (broad SMARTS) is 2. The number of benzene rings is 1. The van der Waals surface area contributed by atoms with Gasteiger partial charge < -0.3 is 15.1 Å². The fraction of sp³-hybridized carbons (Fsp3) is 0.154. The number of hydrogen-bond acceptors (Lipinski definition) is 3. The predicted molar refractivity (Wildman–Crippen MR) is 67.3 cm³/mol. The molecule has 1 aromatic carbocycles. The van der Waals surface area contributed by atoms with Crippen LogP contribution in [0, 0.1) is 5.82 Å². The molecule has 6 nitrogen and oxygen atoms in total. The van der Waals surface area contributed by atoms with Crippen LogP contribution in [-0.4, -0.2) is 46.0 Å². The molecule has 1 rings (SSSR count). The third-order valence-electron chi connectivity index (χ3n) is 2.27. The minimum Gasteiger partial charge on any atom is -0.480 e. The predicted octanol–water partition coefficient (Wildman–Crippen LogP) is 0.837. The van der Waals surface area contributed by atoms with Gasteiger partial charge in [-0.3, -0.25) is 14.4 Å². The van der Waals surface area contributed by atoms with E-state index >= 15 is 0 Å². The Balaban J connectivity index is 2.82. The van der Waals surface area contributed by atoms with Crippen LogP contribution in [-0.2, 0) is 14.4 Å². The summed E-state index contributed by atoms with van der Waals surface area (Å²) < 4.78 is 13.3. The van der Waals surface area contributed by atoms with Crippen molar-refractivity contribution >= 4 is 23.9 Å². The number of carbonyl (C=O) groups is 3. The molecule has 1 aromatic rings. The van der Waals surface area contributed by atoms with E-state index in [9.17, 15) is 18.8 Å². The fourth-order valence-electron chi connectivity index (χ4n) is 1.42. The number of halogens is 1. The van der Waals surface area contributed by atoms with Gasteiger partial charge in [-0.05, 0) is 12.1 Å². The lowest BCUT2D eigenvalue weighted by atomic mass is 10.2. The zero-order chi connectivity index (χ0) is 15.1. The zero-order valence-corrected chi connectivity index (χ0v) is 10.3. The molecule has 0 atom stereocenters. The molecule has 0 aliphatic rings. The standard InChI is InChI=1S/C13H12FNO5/c14-10-4-2-1-3-9(10)5-6-11(16)15(7-12(17)18)8-13(19)20/h1-6H,7-8H2,(H,17,18)(H,19,20). The highest BCUT2D eigenvalue weighted by atomic mass is 19.1. The Morgan fingerprint density at radius 3 is 2.15 bits per heavy atom. The van der Waals surface area contributed by atoms with Crippen molar-refractivity contribution < 1.29 is 29.0 Å². The van der Waals surface area contributed by atoms with Gasteiger partial charge in [-0.15, -0.1) is 0 Å². The number of hydrogen-bond donors (Lipinski definition) is 2. The molecular weight excluding hydrogens is 269 g/mol. The lowest BCUT2D eigenvalue weighted by Gasteiger charge is -2.16. The summed E-state index contributed by atoms with van der Waals surface area (Å²) in [6, 6.07) is 5.68. The second-order valence-electron chi connectivity index (χ2n) is 3.84. The van der Waals surface area contributed by atoms with Crippen LogP contribution in [0.25, 0.3) is 6.08 Å². The summed E-state index contributed by atoms with van der Waals surface area (Å²) in [6.45, 7) is -1.49. The van der Waals surface area contributed by atoms with Crippen LogP contribution < -0.4 is 0 Å². The summed E-state index contributed by atoms with van der Waals surface area (Å²) in [6.07, 6.45) is 2.10. The van der Waals surface area contributed by atoms with Gasteiger partial charge in [0.25, 0.3) is 0 Å². The summed E-state index contributed by atoms with van der Waals surface area (Å²) in [4.78, 5) is 33.4. The minimum atomic E-state index is -1.33. The Hall–Kier alpha value is -2.70. The van der Waals surface area contributed by atoms with Gasteiger partial charge in [0.1, 0.15) is 18.9 Å². The van der Waals surface area contributed by atoms with Gasteiger partial charge in [-0.1, -0.05) is 18.2 Å². The normalized spacial score (nSPS) is 10.4. The van der Waals surface area contributed by atoms with E-state index in [0.29, 0.717) is 4.90 Å². The average molecular weight is 281 g/mol. The topological polar surface area (TPSA) is 94.9 Å². The Morgan fingerprint density at radius 1 is 1.10 bits per heavy atom. The minimum absolute atomic E-state index is 0.145. The van der Waals surface area contributed by atoms with Gasteiger partial charge in [0.05, 0.1) is 0 Å². The van der Waals surface area contributed by atoms with Gasteiger partial charge in [-0.2, -0.15) is 0 Å². The number of carboxylic acids is 2. The maximum atomic E-state index is 13.3. The number of aliphatic carboxylic acids is 2. The molecule has 1 amide bonds. The molecular formula is C13H12FNO5. The van der Waals surface area contributed by atoms with Crippen molar-refractivity contribution in [2.24, 2.45) is 0 Å². The maximum Gasteiger partial charge on any atom is 0.323 e. The smallest absolute Gasteiger partial charge is 0.323 e. The molecule has 20 heavy (non-hydrogen) atoms. The molecule has 0 aromatic heterocycles. The maximum absolute atomic E-state index is 13.3. The van der Waals surface area contributed by atoms with Crippen molar-refractivity contribution in [2.45, 2.75) is 0 Å². The largest absolute Gasteiger partial charge is 0.480 e. The van der Waals surface area contributed by atoms with E-state index in [2.05, 4.69) is 0 Å². The third kappa shape index (κ3) is 4.89. The van der Waals surface area contributed by atoms with Gasteiger partial charge in [0.2, 0.25) is 5.91 Å². The van der Waals surface area contributed by atoms with Crippen LogP contribution >= 0.6 is 0 Å². The third-order valence-corrected chi connectivity index (χ3v) is 2.27. The summed E-state index contributed by atoms with van der Waals surface area (Å²) in [5.41, 5.74) is 0.145. The number of carbonyl (C=O) groups excluding carboxylic acids is 1. The van der Waals surface area contributed by atoms with Crippen LogP contribution in [0.5, 0.6) is 0 Å². The molecule has 0 radical (unpaired) electrons. The van der Waals surface area contributed by atoms with Crippen LogP contribution in [0.15, 0.2) is 30.3 Å². The van der Waals surface area contributed by atoms with E-state index in [1.807, 2.05) is 0 Å². The van der Waals surface area contributed by atoms with Crippen molar-refractivity contribution in [3.63, 3.8) is 0 Å². The molecule has 7 heteroatoms. The Bertz CT molecular complexity index is 539. The van der Waals surface area contributed by atoms with E-state index < -0.39 is 36.8 Å². The summed E-state index contributed by atoms with van der Waals surface area (Å²) >= 11 is 0. The SMILES string of the molecule is O=C(O)CN(CC(=O)O)C(=O)C=Cc1ccccc1F. The van der Waals surface area contributed by atoms with E-state index in [1.54, 1.807) is 6.07 Å². The first kappa shape index (κ1) is 15.4.